The number of allylic oxidation sites excluding steroid dienone is 1. The average Bonchev–Trinajstić information content (AvgIpc) is 3.01. The molecule has 3 fully saturated rings. The lowest BCUT2D eigenvalue weighted by atomic mass is 9.48. The number of carbonyl (C=O) groups excluding carboxylic acids is 1. The first-order valence-electron chi connectivity index (χ1n) is 11.1. The number of rotatable bonds is 2. The van der Waals surface area contributed by atoms with Gasteiger partial charge >= 0.3 is 0 Å². The van der Waals surface area contributed by atoms with Gasteiger partial charge in [-0.05, 0) is 91.5 Å². The number of hydrogen-bond acceptors (Lipinski definition) is 3. The van der Waals surface area contributed by atoms with Gasteiger partial charge in [0.1, 0.15) is 5.75 Å². The zero-order valence-electron chi connectivity index (χ0n) is 17.6. The summed E-state index contributed by atoms with van der Waals surface area (Å²) < 4.78 is 6.43. The van der Waals surface area contributed by atoms with E-state index in [1.165, 1.54) is 12.8 Å². The van der Waals surface area contributed by atoms with Gasteiger partial charge in [0.2, 0.25) is 5.12 Å². The van der Waals surface area contributed by atoms with Crippen LogP contribution < -0.4 is 4.74 Å². The second-order valence-electron chi connectivity index (χ2n) is 10.5. The second kappa shape index (κ2) is 7.05. The summed E-state index contributed by atoms with van der Waals surface area (Å²) in [5, 5.41) is 1.45. The van der Waals surface area contributed by atoms with Crippen molar-refractivity contribution in [2.24, 2.45) is 34.5 Å². The molecule has 0 aromatic heterocycles. The molecule has 2 nitrogen and oxygen atoms in total. The van der Waals surface area contributed by atoms with Gasteiger partial charge in [-0.1, -0.05) is 50.2 Å². The summed E-state index contributed by atoms with van der Waals surface area (Å²) in [4.78, 5) is 12.0. The van der Waals surface area contributed by atoms with Crippen LogP contribution in [0.15, 0.2) is 36.4 Å². The first-order valence-corrected chi connectivity index (χ1v) is 12.4. The Morgan fingerprint density at radius 2 is 1.90 bits per heavy atom. The molecule has 0 bridgehead atoms. The van der Waals surface area contributed by atoms with Gasteiger partial charge in [0.25, 0.3) is 0 Å². The van der Waals surface area contributed by atoms with E-state index >= 15 is 0 Å². The fourth-order valence-electron chi connectivity index (χ4n) is 7.32. The van der Waals surface area contributed by atoms with Crippen LogP contribution in [0.2, 0.25) is 5.02 Å². The zero-order valence-corrected chi connectivity index (χ0v) is 19.1. The molecule has 4 heteroatoms. The second-order valence-corrected chi connectivity index (χ2v) is 12.1. The lowest BCUT2D eigenvalue weighted by Crippen LogP contribution is -2.55. The lowest BCUT2D eigenvalue weighted by Gasteiger charge is -2.59. The maximum atomic E-state index is 12.0. The zero-order chi connectivity index (χ0) is 20.4. The first kappa shape index (κ1) is 20.0. The van der Waals surface area contributed by atoms with Gasteiger partial charge < -0.3 is 4.74 Å². The molecule has 0 saturated heterocycles. The lowest BCUT2D eigenvalue weighted by molar-refractivity contribution is -0.108. The van der Waals surface area contributed by atoms with E-state index in [1.54, 1.807) is 11.8 Å². The van der Waals surface area contributed by atoms with Gasteiger partial charge in [-0.3, -0.25) is 4.79 Å². The molecule has 1 heterocycles. The predicted octanol–water partition coefficient (Wildman–Crippen LogP) is 6.77. The van der Waals surface area contributed by atoms with Gasteiger partial charge in [-0.25, -0.2) is 0 Å². The van der Waals surface area contributed by atoms with Crippen molar-refractivity contribution < 1.29 is 9.53 Å². The molecule has 1 aliphatic heterocycles. The Morgan fingerprint density at radius 1 is 1.14 bits per heavy atom. The van der Waals surface area contributed by atoms with Crippen molar-refractivity contribution >= 4 is 28.5 Å². The number of thioether (sulfide) groups is 1. The third kappa shape index (κ3) is 3.28. The van der Waals surface area contributed by atoms with Crippen LogP contribution in [0.1, 0.15) is 52.9 Å². The summed E-state index contributed by atoms with van der Waals surface area (Å²) in [6.45, 7) is 7.38. The number of benzene rings is 1. The highest BCUT2D eigenvalue weighted by molar-refractivity contribution is 8.14. The molecule has 4 aliphatic rings. The van der Waals surface area contributed by atoms with Crippen molar-refractivity contribution in [2.45, 2.75) is 64.2 Å². The van der Waals surface area contributed by atoms with Gasteiger partial charge in [0.05, 0.1) is 6.10 Å². The van der Waals surface area contributed by atoms with E-state index < -0.39 is 0 Å². The van der Waals surface area contributed by atoms with Crippen molar-refractivity contribution in [1.82, 2.24) is 0 Å². The predicted molar refractivity (Wildman–Crippen MR) is 120 cm³/mol. The van der Waals surface area contributed by atoms with Gasteiger partial charge in [-0.2, -0.15) is 0 Å². The van der Waals surface area contributed by atoms with Crippen LogP contribution in [0.4, 0.5) is 0 Å². The molecule has 156 valence electrons. The highest BCUT2D eigenvalue weighted by atomic mass is 35.5. The summed E-state index contributed by atoms with van der Waals surface area (Å²) in [5.74, 6) is 3.73. The van der Waals surface area contributed by atoms with Crippen LogP contribution >= 0.6 is 23.4 Å². The Kier molecular flexibility index (Phi) is 4.86. The molecule has 8 atom stereocenters. The van der Waals surface area contributed by atoms with E-state index in [9.17, 15) is 4.79 Å². The smallest absolute Gasteiger partial charge is 0.212 e. The van der Waals surface area contributed by atoms with Gasteiger partial charge in [-0.15, -0.1) is 0 Å². The molecule has 0 radical (unpaired) electrons. The fourth-order valence-corrected chi connectivity index (χ4v) is 8.78. The van der Waals surface area contributed by atoms with E-state index in [2.05, 4.69) is 26.8 Å². The van der Waals surface area contributed by atoms with Crippen LogP contribution in [0.3, 0.4) is 0 Å². The van der Waals surface area contributed by atoms with Crippen molar-refractivity contribution in [3.8, 4) is 5.75 Å². The average molecular weight is 431 g/mol. The standard InChI is InChI=1S/C25H31ClO2S/c1-15-12-21-25(3,11-9-22(27)29-21)19-8-10-24(2)14-18(13-20(24)23(15)19)28-17-6-4-16(26)5-7-17/h4-7,9,11,15,18-21,23H,8,10,12-14H2,1-3H3/t15-,18-,19-,20-,21+,23+,24+,25+/m0/s1. The SMILES string of the molecule is C[C@H]1C[C@H]2SC(=O)C=C[C@]2(C)[C@H]2CC[C@]3(C)C[C@@H](Oc4ccc(Cl)cc4)C[C@H]3[C@H]12. The van der Waals surface area contributed by atoms with E-state index in [4.69, 9.17) is 16.3 Å². The van der Waals surface area contributed by atoms with Gasteiger partial charge in [0.15, 0.2) is 0 Å². The molecule has 0 unspecified atom stereocenters. The Morgan fingerprint density at radius 3 is 2.66 bits per heavy atom. The van der Waals surface area contributed by atoms with Crippen molar-refractivity contribution in [3.63, 3.8) is 0 Å². The van der Waals surface area contributed by atoms with E-state index in [-0.39, 0.29) is 10.5 Å². The maximum absolute atomic E-state index is 12.0. The molecule has 0 N–H and O–H groups in total. The normalized spacial score (nSPS) is 46.0. The topological polar surface area (TPSA) is 26.3 Å². The molecule has 1 aromatic carbocycles. The molecule has 5 rings (SSSR count). The molecule has 1 aromatic rings. The van der Waals surface area contributed by atoms with Crippen molar-refractivity contribution in [3.05, 3.63) is 41.4 Å². The third-order valence-electron chi connectivity index (χ3n) is 8.75. The summed E-state index contributed by atoms with van der Waals surface area (Å²) in [5.41, 5.74) is 0.531. The van der Waals surface area contributed by atoms with Crippen LogP contribution in [0.25, 0.3) is 0 Å². The largest absolute Gasteiger partial charge is 0.490 e. The number of hydrogen-bond donors (Lipinski definition) is 0. The Labute approximate surface area is 183 Å². The van der Waals surface area contributed by atoms with Crippen molar-refractivity contribution in [1.29, 1.82) is 0 Å². The van der Waals surface area contributed by atoms with Crippen LogP contribution in [-0.4, -0.2) is 16.5 Å². The van der Waals surface area contributed by atoms with Crippen LogP contribution in [0, 0.1) is 34.5 Å². The summed E-state index contributed by atoms with van der Waals surface area (Å²) >= 11 is 7.63. The summed E-state index contributed by atoms with van der Waals surface area (Å²) in [6, 6.07) is 7.81. The number of fused-ring (bicyclic) bond motifs is 5. The molecule has 0 spiro atoms. The van der Waals surface area contributed by atoms with E-state index in [1.807, 2.05) is 30.3 Å². The highest BCUT2D eigenvalue weighted by Crippen LogP contribution is 2.66. The minimum atomic E-state index is 0.159. The minimum Gasteiger partial charge on any atom is -0.490 e. The summed E-state index contributed by atoms with van der Waals surface area (Å²) in [6.07, 6.45) is 10.4. The van der Waals surface area contributed by atoms with Gasteiger partial charge in [0, 0.05) is 15.7 Å². The Balaban J connectivity index is 1.40. The molecule has 3 aliphatic carbocycles. The van der Waals surface area contributed by atoms with Crippen LogP contribution in [-0.2, 0) is 4.79 Å². The monoisotopic (exact) mass is 430 g/mol. The molecule has 0 amide bonds. The maximum Gasteiger partial charge on any atom is 0.212 e. The molecular formula is C25H31ClO2S. The van der Waals surface area contributed by atoms with E-state index in [0.29, 0.717) is 34.5 Å². The molecule has 29 heavy (non-hydrogen) atoms. The number of halogens is 1. The third-order valence-corrected chi connectivity index (χ3v) is 10.4. The minimum absolute atomic E-state index is 0.159. The Hall–Kier alpha value is -0.930. The Bertz CT molecular complexity index is 836. The molecule has 3 saturated carbocycles. The van der Waals surface area contributed by atoms with E-state index in [0.717, 1.165) is 36.0 Å². The number of carbonyl (C=O) groups is 1. The number of ether oxygens (including phenoxy) is 1. The fraction of sp³-hybridized carbons (Fsp3) is 0.640. The highest BCUT2D eigenvalue weighted by Gasteiger charge is 2.61. The quantitative estimate of drug-likeness (QED) is 0.517. The van der Waals surface area contributed by atoms with Crippen molar-refractivity contribution in [2.75, 3.05) is 0 Å². The van der Waals surface area contributed by atoms with Crippen LogP contribution in [0.5, 0.6) is 5.75 Å². The first-order chi connectivity index (χ1) is 13.8. The summed E-state index contributed by atoms with van der Waals surface area (Å²) in [7, 11) is 0. The molecular weight excluding hydrogens is 400 g/mol.